The lowest BCUT2D eigenvalue weighted by Gasteiger charge is -2.15. The summed E-state index contributed by atoms with van der Waals surface area (Å²) < 4.78 is 1.66. The van der Waals surface area contributed by atoms with Crippen LogP contribution in [0, 0.1) is 13.8 Å². The van der Waals surface area contributed by atoms with Crippen molar-refractivity contribution in [2.45, 2.75) is 58.8 Å². The van der Waals surface area contributed by atoms with Crippen LogP contribution in [0.4, 0.5) is 0 Å². The maximum Gasteiger partial charge on any atom is 0.263 e. The SMILES string of the molecule is CCc1ccc(C(C)NC(=O)CSc2nc3sc(C)c(C)c3c(=O)n2CC)cc1. The number of aryl methyl sites for hydroxylation is 3. The van der Waals surface area contributed by atoms with Gasteiger partial charge in [0.15, 0.2) is 5.16 Å². The molecule has 1 amide bonds. The molecule has 1 atom stereocenters. The van der Waals surface area contributed by atoms with Crippen LogP contribution in [0.25, 0.3) is 10.2 Å². The minimum Gasteiger partial charge on any atom is -0.349 e. The van der Waals surface area contributed by atoms with E-state index in [1.165, 1.54) is 28.7 Å². The van der Waals surface area contributed by atoms with E-state index < -0.39 is 0 Å². The number of rotatable bonds is 7. The molecule has 0 aliphatic carbocycles. The largest absolute Gasteiger partial charge is 0.349 e. The fourth-order valence-corrected chi connectivity index (χ4v) is 5.18. The molecule has 2 heterocycles. The van der Waals surface area contributed by atoms with Gasteiger partial charge < -0.3 is 5.32 Å². The summed E-state index contributed by atoms with van der Waals surface area (Å²) in [7, 11) is 0. The van der Waals surface area contributed by atoms with E-state index in [1.807, 2.05) is 27.7 Å². The van der Waals surface area contributed by atoms with Crippen molar-refractivity contribution in [3.63, 3.8) is 0 Å². The Bertz CT molecular complexity index is 1080. The second-order valence-corrected chi connectivity index (χ2v) is 9.23. The van der Waals surface area contributed by atoms with Gasteiger partial charge in [-0.25, -0.2) is 4.98 Å². The minimum atomic E-state index is -0.0717. The van der Waals surface area contributed by atoms with Crippen LogP contribution in [-0.2, 0) is 17.8 Å². The number of nitrogens with zero attached hydrogens (tertiary/aromatic N) is 2. The number of thioether (sulfide) groups is 1. The minimum absolute atomic E-state index is 0.0216. The number of nitrogens with one attached hydrogen (secondary N) is 1. The number of aromatic nitrogens is 2. The molecule has 0 radical (unpaired) electrons. The van der Waals surface area contributed by atoms with E-state index in [0.717, 1.165) is 27.3 Å². The van der Waals surface area contributed by atoms with Gasteiger partial charge in [0.2, 0.25) is 5.91 Å². The van der Waals surface area contributed by atoms with E-state index >= 15 is 0 Å². The zero-order chi connectivity index (χ0) is 21.1. The van der Waals surface area contributed by atoms with Gasteiger partial charge in [-0.2, -0.15) is 0 Å². The zero-order valence-electron chi connectivity index (χ0n) is 17.5. The highest BCUT2D eigenvalue weighted by atomic mass is 32.2. The molecule has 0 saturated carbocycles. The third kappa shape index (κ3) is 4.56. The van der Waals surface area contributed by atoms with Gasteiger partial charge in [0.25, 0.3) is 5.56 Å². The molecule has 3 aromatic rings. The molecule has 154 valence electrons. The monoisotopic (exact) mass is 429 g/mol. The van der Waals surface area contributed by atoms with E-state index in [1.54, 1.807) is 4.57 Å². The first-order chi connectivity index (χ1) is 13.8. The van der Waals surface area contributed by atoms with Crippen molar-refractivity contribution < 1.29 is 4.79 Å². The molecule has 1 aromatic carbocycles. The maximum absolute atomic E-state index is 12.9. The average Bonchev–Trinajstić information content (AvgIpc) is 3.00. The van der Waals surface area contributed by atoms with Crippen LogP contribution in [0.1, 0.15) is 48.4 Å². The summed E-state index contributed by atoms with van der Waals surface area (Å²) in [6.45, 7) is 10.5. The Morgan fingerprint density at radius 3 is 2.55 bits per heavy atom. The fraction of sp³-hybridized carbons (Fsp3) is 0.409. The Balaban J connectivity index is 1.72. The van der Waals surface area contributed by atoms with E-state index in [9.17, 15) is 9.59 Å². The van der Waals surface area contributed by atoms with Gasteiger partial charge in [0.1, 0.15) is 4.83 Å². The third-order valence-corrected chi connectivity index (χ3v) is 7.25. The number of benzene rings is 1. The highest BCUT2D eigenvalue weighted by Crippen LogP contribution is 2.28. The van der Waals surface area contributed by atoms with Crippen LogP contribution in [0.2, 0.25) is 0 Å². The van der Waals surface area contributed by atoms with Gasteiger partial charge in [0.05, 0.1) is 17.2 Å². The maximum atomic E-state index is 12.9. The average molecular weight is 430 g/mol. The molecular weight excluding hydrogens is 402 g/mol. The van der Waals surface area contributed by atoms with Crippen molar-refractivity contribution >= 4 is 39.2 Å². The normalized spacial score (nSPS) is 12.3. The van der Waals surface area contributed by atoms with Crippen molar-refractivity contribution in [3.05, 3.63) is 56.2 Å². The number of thiophene rings is 1. The number of amides is 1. The van der Waals surface area contributed by atoms with Crippen molar-refractivity contribution in [1.29, 1.82) is 0 Å². The predicted molar refractivity (Wildman–Crippen MR) is 122 cm³/mol. The topological polar surface area (TPSA) is 64.0 Å². The highest BCUT2D eigenvalue weighted by molar-refractivity contribution is 7.99. The molecule has 7 heteroatoms. The van der Waals surface area contributed by atoms with Crippen LogP contribution >= 0.6 is 23.1 Å². The Morgan fingerprint density at radius 2 is 1.93 bits per heavy atom. The van der Waals surface area contributed by atoms with Gasteiger partial charge in [-0.05, 0) is 50.8 Å². The Hall–Kier alpha value is -2.12. The number of fused-ring (bicyclic) bond motifs is 1. The van der Waals surface area contributed by atoms with E-state index in [0.29, 0.717) is 17.1 Å². The number of carbonyl (C=O) groups is 1. The smallest absolute Gasteiger partial charge is 0.263 e. The summed E-state index contributed by atoms with van der Waals surface area (Å²) in [4.78, 5) is 31.9. The molecule has 3 rings (SSSR count). The van der Waals surface area contributed by atoms with Gasteiger partial charge in [0, 0.05) is 11.4 Å². The van der Waals surface area contributed by atoms with Gasteiger partial charge in [-0.1, -0.05) is 43.0 Å². The fourth-order valence-electron chi connectivity index (χ4n) is 3.24. The first-order valence-electron chi connectivity index (χ1n) is 9.87. The summed E-state index contributed by atoms with van der Waals surface area (Å²) in [5.74, 6) is 0.149. The van der Waals surface area contributed by atoms with Gasteiger partial charge in [-0.3, -0.25) is 14.2 Å². The lowest BCUT2D eigenvalue weighted by Crippen LogP contribution is -2.29. The molecule has 1 N–H and O–H groups in total. The van der Waals surface area contributed by atoms with E-state index in [-0.39, 0.29) is 23.3 Å². The summed E-state index contributed by atoms with van der Waals surface area (Å²) >= 11 is 2.85. The lowest BCUT2D eigenvalue weighted by molar-refractivity contribution is -0.119. The number of hydrogen-bond acceptors (Lipinski definition) is 5. The number of carbonyl (C=O) groups excluding carboxylic acids is 1. The summed E-state index contributed by atoms with van der Waals surface area (Å²) in [6.07, 6.45) is 0.997. The second-order valence-electron chi connectivity index (χ2n) is 7.08. The van der Waals surface area contributed by atoms with Crippen LogP contribution in [0.15, 0.2) is 34.2 Å². The first-order valence-corrected chi connectivity index (χ1v) is 11.7. The molecule has 0 bridgehead atoms. The van der Waals surface area contributed by atoms with Crippen LogP contribution < -0.4 is 10.9 Å². The van der Waals surface area contributed by atoms with E-state index in [4.69, 9.17) is 0 Å². The summed E-state index contributed by atoms with van der Waals surface area (Å²) in [5, 5.41) is 4.33. The van der Waals surface area contributed by atoms with Crippen molar-refractivity contribution in [1.82, 2.24) is 14.9 Å². The summed E-state index contributed by atoms with van der Waals surface area (Å²) in [6, 6.07) is 8.24. The van der Waals surface area contributed by atoms with Crippen LogP contribution in [0.5, 0.6) is 0 Å². The van der Waals surface area contributed by atoms with Crippen molar-refractivity contribution in [2.24, 2.45) is 0 Å². The standard InChI is InChI=1S/C22H27N3O2S2/c1-6-16-8-10-17(11-9-16)14(4)23-18(26)12-28-22-24-20-19(13(3)15(5)29-20)21(27)25(22)7-2/h8-11,14H,6-7,12H2,1-5H3,(H,23,26). The van der Waals surface area contributed by atoms with E-state index in [2.05, 4.69) is 41.5 Å². The Morgan fingerprint density at radius 1 is 1.24 bits per heavy atom. The molecule has 1 unspecified atom stereocenters. The van der Waals surface area contributed by atoms with Crippen LogP contribution in [-0.4, -0.2) is 21.2 Å². The van der Waals surface area contributed by atoms with Crippen molar-refractivity contribution in [3.8, 4) is 0 Å². The van der Waals surface area contributed by atoms with Gasteiger partial charge in [-0.15, -0.1) is 11.3 Å². The second kappa shape index (κ2) is 9.13. The zero-order valence-corrected chi connectivity index (χ0v) is 19.2. The molecule has 5 nitrogen and oxygen atoms in total. The molecule has 0 saturated heterocycles. The first kappa shape index (κ1) is 21.6. The van der Waals surface area contributed by atoms with Gasteiger partial charge >= 0.3 is 0 Å². The quantitative estimate of drug-likeness (QED) is 0.439. The molecular formula is C22H27N3O2S2. The Kier molecular flexibility index (Phi) is 6.80. The van der Waals surface area contributed by atoms with Crippen LogP contribution in [0.3, 0.4) is 0 Å². The molecule has 29 heavy (non-hydrogen) atoms. The van der Waals surface area contributed by atoms with Crippen molar-refractivity contribution in [2.75, 3.05) is 5.75 Å². The molecule has 0 fully saturated rings. The molecule has 0 aliphatic rings. The molecule has 2 aromatic heterocycles. The number of hydrogen-bond donors (Lipinski definition) is 1. The highest BCUT2D eigenvalue weighted by Gasteiger charge is 2.17. The summed E-state index contributed by atoms with van der Waals surface area (Å²) in [5.41, 5.74) is 3.34. The molecule has 0 spiro atoms. The lowest BCUT2D eigenvalue weighted by atomic mass is 10.1. The Labute approximate surface area is 179 Å². The predicted octanol–water partition coefficient (Wildman–Crippen LogP) is 4.63. The molecule has 0 aliphatic heterocycles. The third-order valence-electron chi connectivity index (χ3n) is 5.17.